The summed E-state index contributed by atoms with van der Waals surface area (Å²) in [5.74, 6) is 2.47. The fourth-order valence-corrected chi connectivity index (χ4v) is 2.30. The van der Waals surface area contributed by atoms with Crippen molar-refractivity contribution in [2.24, 2.45) is 0 Å². The lowest BCUT2D eigenvalue weighted by molar-refractivity contribution is -0.116. The summed E-state index contributed by atoms with van der Waals surface area (Å²) >= 11 is 0. The van der Waals surface area contributed by atoms with Crippen LogP contribution in [0.3, 0.4) is 0 Å². The minimum Gasteiger partial charge on any atom is -0.493 e. The molecule has 2 aromatic carbocycles. The van der Waals surface area contributed by atoms with Crippen LogP contribution in [0.15, 0.2) is 77.4 Å². The molecule has 132 valence electrons. The van der Waals surface area contributed by atoms with Gasteiger partial charge in [0.1, 0.15) is 11.5 Å². The maximum atomic E-state index is 11.8. The van der Waals surface area contributed by atoms with E-state index in [4.69, 9.17) is 13.9 Å². The van der Waals surface area contributed by atoms with E-state index in [2.05, 4.69) is 5.32 Å². The highest BCUT2D eigenvalue weighted by Gasteiger charge is 2.04. The number of rotatable bonds is 7. The zero-order valence-electron chi connectivity index (χ0n) is 14.3. The Morgan fingerprint density at radius 1 is 1.04 bits per heavy atom. The topological polar surface area (TPSA) is 60.7 Å². The van der Waals surface area contributed by atoms with Crippen molar-refractivity contribution >= 4 is 12.0 Å². The van der Waals surface area contributed by atoms with Crippen LogP contribution in [-0.4, -0.2) is 13.0 Å². The van der Waals surface area contributed by atoms with Crippen LogP contribution >= 0.6 is 0 Å². The van der Waals surface area contributed by atoms with Crippen LogP contribution in [0.5, 0.6) is 17.2 Å². The second-order valence-corrected chi connectivity index (χ2v) is 5.46. The van der Waals surface area contributed by atoms with Crippen molar-refractivity contribution in [3.05, 3.63) is 84.3 Å². The summed E-state index contributed by atoms with van der Waals surface area (Å²) in [6.45, 7) is 0.427. The predicted octanol–water partition coefficient (Wildman–Crippen LogP) is 4.41. The van der Waals surface area contributed by atoms with E-state index in [-0.39, 0.29) is 5.91 Å². The average Bonchev–Trinajstić information content (AvgIpc) is 3.20. The third-order valence-electron chi connectivity index (χ3n) is 3.63. The number of hydrogen-bond acceptors (Lipinski definition) is 4. The van der Waals surface area contributed by atoms with Crippen LogP contribution in [0, 0.1) is 0 Å². The van der Waals surface area contributed by atoms with Crippen molar-refractivity contribution in [2.45, 2.75) is 6.54 Å². The quantitative estimate of drug-likeness (QED) is 0.642. The summed E-state index contributed by atoms with van der Waals surface area (Å²) in [6, 6.07) is 18.5. The van der Waals surface area contributed by atoms with Crippen LogP contribution in [0.4, 0.5) is 0 Å². The zero-order valence-corrected chi connectivity index (χ0v) is 14.3. The van der Waals surface area contributed by atoms with E-state index in [9.17, 15) is 4.79 Å². The van der Waals surface area contributed by atoms with Gasteiger partial charge in [0, 0.05) is 12.6 Å². The summed E-state index contributed by atoms with van der Waals surface area (Å²) in [6.07, 6.45) is 4.63. The number of furan rings is 1. The third kappa shape index (κ3) is 4.77. The molecule has 26 heavy (non-hydrogen) atoms. The van der Waals surface area contributed by atoms with E-state index in [0.717, 1.165) is 5.56 Å². The molecule has 1 amide bonds. The fraction of sp³-hybridized carbons (Fsp3) is 0.0952. The predicted molar refractivity (Wildman–Crippen MR) is 99.1 cm³/mol. The first-order valence-corrected chi connectivity index (χ1v) is 8.14. The van der Waals surface area contributed by atoms with E-state index in [0.29, 0.717) is 29.6 Å². The summed E-state index contributed by atoms with van der Waals surface area (Å²) in [5, 5.41) is 2.82. The lowest BCUT2D eigenvalue weighted by atomic mass is 10.2. The number of nitrogens with one attached hydrogen (secondary N) is 1. The molecule has 0 saturated heterocycles. The summed E-state index contributed by atoms with van der Waals surface area (Å²) in [4.78, 5) is 11.8. The Kier molecular flexibility index (Phi) is 5.72. The average molecular weight is 349 g/mol. The molecule has 0 unspecified atom stereocenters. The Morgan fingerprint density at radius 2 is 1.81 bits per heavy atom. The molecule has 3 aromatic rings. The molecule has 0 spiro atoms. The first-order chi connectivity index (χ1) is 12.7. The van der Waals surface area contributed by atoms with E-state index in [1.165, 1.54) is 6.08 Å². The van der Waals surface area contributed by atoms with Gasteiger partial charge in [0.15, 0.2) is 11.5 Å². The number of hydrogen-bond donors (Lipinski definition) is 1. The van der Waals surface area contributed by atoms with Crippen LogP contribution < -0.4 is 14.8 Å². The van der Waals surface area contributed by atoms with Gasteiger partial charge >= 0.3 is 0 Å². The van der Waals surface area contributed by atoms with Gasteiger partial charge in [0.05, 0.1) is 13.4 Å². The highest BCUT2D eigenvalue weighted by molar-refractivity contribution is 5.91. The maximum absolute atomic E-state index is 11.8. The van der Waals surface area contributed by atoms with Gasteiger partial charge in [-0.25, -0.2) is 0 Å². The minimum atomic E-state index is -0.184. The van der Waals surface area contributed by atoms with Crippen LogP contribution in [0.2, 0.25) is 0 Å². The molecule has 0 saturated carbocycles. The molecule has 3 rings (SSSR count). The van der Waals surface area contributed by atoms with Crippen molar-refractivity contribution in [1.29, 1.82) is 0 Å². The van der Waals surface area contributed by atoms with Gasteiger partial charge in [-0.2, -0.15) is 0 Å². The van der Waals surface area contributed by atoms with Gasteiger partial charge < -0.3 is 19.2 Å². The Balaban J connectivity index is 1.53. The van der Waals surface area contributed by atoms with Gasteiger partial charge in [-0.3, -0.25) is 4.79 Å². The standard InChI is InChI=1S/C21H19NO4/c1-24-19-6-2-3-7-20(19)26-18-10-8-16(9-11-18)15-22-21(23)13-12-17-5-4-14-25-17/h2-14H,15H2,1H3,(H,22,23). The molecule has 0 aliphatic heterocycles. The molecule has 0 aliphatic carbocycles. The molecule has 5 heteroatoms. The molecular formula is C21H19NO4. The number of amides is 1. The number of ether oxygens (including phenoxy) is 2. The van der Waals surface area contributed by atoms with Crippen molar-refractivity contribution in [3.63, 3.8) is 0 Å². The number of carbonyl (C=O) groups excluding carboxylic acids is 1. The number of benzene rings is 2. The zero-order chi connectivity index (χ0) is 18.2. The van der Waals surface area contributed by atoms with Gasteiger partial charge in [-0.15, -0.1) is 0 Å². The second kappa shape index (κ2) is 8.58. The molecule has 0 atom stereocenters. The number of para-hydroxylation sites is 2. The van der Waals surface area contributed by atoms with Gasteiger partial charge in [-0.05, 0) is 48.0 Å². The molecule has 0 radical (unpaired) electrons. The summed E-state index contributed by atoms with van der Waals surface area (Å²) in [5.41, 5.74) is 0.970. The molecular weight excluding hydrogens is 330 g/mol. The SMILES string of the molecule is COc1ccccc1Oc1ccc(CNC(=O)C=Cc2ccco2)cc1. The number of carbonyl (C=O) groups is 1. The van der Waals surface area contributed by atoms with Crippen molar-refractivity contribution in [1.82, 2.24) is 5.32 Å². The first kappa shape index (κ1) is 17.4. The molecule has 1 N–H and O–H groups in total. The van der Waals surface area contributed by atoms with Gasteiger partial charge in [0.25, 0.3) is 0 Å². The fourth-order valence-electron chi connectivity index (χ4n) is 2.30. The molecule has 0 fully saturated rings. The molecule has 5 nitrogen and oxygen atoms in total. The van der Waals surface area contributed by atoms with E-state index in [1.807, 2.05) is 48.5 Å². The largest absolute Gasteiger partial charge is 0.493 e. The number of methoxy groups -OCH3 is 1. The molecule has 1 heterocycles. The third-order valence-corrected chi connectivity index (χ3v) is 3.63. The Labute approximate surface area is 151 Å². The molecule has 0 bridgehead atoms. The summed E-state index contributed by atoms with van der Waals surface area (Å²) in [7, 11) is 1.61. The van der Waals surface area contributed by atoms with E-state index in [1.54, 1.807) is 31.6 Å². The molecule has 1 aromatic heterocycles. The first-order valence-electron chi connectivity index (χ1n) is 8.14. The Bertz CT molecular complexity index is 867. The minimum absolute atomic E-state index is 0.184. The lowest BCUT2D eigenvalue weighted by Gasteiger charge is -2.10. The Morgan fingerprint density at radius 3 is 2.50 bits per heavy atom. The monoisotopic (exact) mass is 349 g/mol. The van der Waals surface area contributed by atoms with Crippen molar-refractivity contribution < 1.29 is 18.7 Å². The normalized spacial score (nSPS) is 10.7. The highest BCUT2D eigenvalue weighted by Crippen LogP contribution is 2.30. The van der Waals surface area contributed by atoms with Crippen LogP contribution in [0.1, 0.15) is 11.3 Å². The van der Waals surface area contributed by atoms with Gasteiger partial charge in [0.2, 0.25) is 5.91 Å². The maximum Gasteiger partial charge on any atom is 0.244 e. The smallest absolute Gasteiger partial charge is 0.244 e. The summed E-state index contributed by atoms with van der Waals surface area (Å²) < 4.78 is 16.2. The highest BCUT2D eigenvalue weighted by atomic mass is 16.5. The van der Waals surface area contributed by atoms with E-state index >= 15 is 0 Å². The van der Waals surface area contributed by atoms with Crippen LogP contribution in [0.25, 0.3) is 6.08 Å². The van der Waals surface area contributed by atoms with Gasteiger partial charge in [-0.1, -0.05) is 24.3 Å². The van der Waals surface area contributed by atoms with E-state index < -0.39 is 0 Å². The molecule has 0 aliphatic rings. The van der Waals surface area contributed by atoms with Crippen molar-refractivity contribution in [2.75, 3.05) is 7.11 Å². The van der Waals surface area contributed by atoms with Crippen molar-refractivity contribution in [3.8, 4) is 17.2 Å². The second-order valence-electron chi connectivity index (χ2n) is 5.46. The Hall–Kier alpha value is -3.47. The lowest BCUT2D eigenvalue weighted by Crippen LogP contribution is -2.20. The van der Waals surface area contributed by atoms with Crippen LogP contribution in [-0.2, 0) is 11.3 Å².